The molecule has 2 aromatic carbocycles. The molecule has 0 radical (unpaired) electrons. The Labute approximate surface area is 99.9 Å². The Morgan fingerprint density at radius 3 is 2.35 bits per heavy atom. The second kappa shape index (κ2) is 4.74. The minimum absolute atomic E-state index is 0.106. The summed E-state index contributed by atoms with van der Waals surface area (Å²) >= 11 is 0. The van der Waals surface area contributed by atoms with Gasteiger partial charge in [-0.05, 0) is 12.5 Å². The monoisotopic (exact) mass is 224 g/mol. The van der Waals surface area contributed by atoms with E-state index < -0.39 is 0 Å². The summed E-state index contributed by atoms with van der Waals surface area (Å²) in [6.45, 7) is 1.84. The lowest BCUT2D eigenvalue weighted by atomic mass is 9.95. The molecule has 0 aliphatic carbocycles. The van der Waals surface area contributed by atoms with Gasteiger partial charge in [0.1, 0.15) is 0 Å². The van der Waals surface area contributed by atoms with Gasteiger partial charge < -0.3 is 0 Å². The van der Waals surface area contributed by atoms with Gasteiger partial charge in [-0.2, -0.15) is 0 Å². The average molecular weight is 224 g/mol. The number of ketones is 1. The number of rotatable bonds is 3. The number of carbonyl (C=O) groups excluding carboxylic acids is 2. The van der Waals surface area contributed by atoms with Crippen LogP contribution in [0.4, 0.5) is 0 Å². The zero-order valence-electron chi connectivity index (χ0n) is 9.51. The molecule has 2 heteroatoms. The maximum Gasteiger partial charge on any atom is 0.194 e. The third-order valence-electron chi connectivity index (χ3n) is 2.70. The van der Waals surface area contributed by atoms with Gasteiger partial charge in [0.2, 0.25) is 0 Å². The Morgan fingerprint density at radius 2 is 1.71 bits per heavy atom. The molecule has 0 saturated heterocycles. The van der Waals surface area contributed by atoms with Crippen LogP contribution < -0.4 is 0 Å². The molecular formula is C15H12O2. The molecule has 2 rings (SSSR count). The second-order valence-electron chi connectivity index (χ2n) is 3.85. The van der Waals surface area contributed by atoms with E-state index in [1.807, 2.05) is 31.2 Å². The summed E-state index contributed by atoms with van der Waals surface area (Å²) in [5.41, 5.74) is 2.36. The molecule has 0 bridgehead atoms. The molecule has 0 aromatic heterocycles. The average Bonchev–Trinajstić information content (AvgIpc) is 2.38. The van der Waals surface area contributed by atoms with Crippen molar-refractivity contribution >= 4 is 12.1 Å². The first kappa shape index (κ1) is 11.3. The van der Waals surface area contributed by atoms with Crippen LogP contribution >= 0.6 is 0 Å². The molecule has 84 valence electrons. The van der Waals surface area contributed by atoms with Crippen LogP contribution in [0.15, 0.2) is 48.5 Å². The molecule has 0 aliphatic heterocycles. The van der Waals surface area contributed by atoms with E-state index in [2.05, 4.69) is 0 Å². The van der Waals surface area contributed by atoms with E-state index >= 15 is 0 Å². The van der Waals surface area contributed by atoms with Gasteiger partial charge >= 0.3 is 0 Å². The van der Waals surface area contributed by atoms with Crippen molar-refractivity contribution in [3.63, 3.8) is 0 Å². The molecule has 0 amide bonds. The van der Waals surface area contributed by atoms with Gasteiger partial charge in [0.15, 0.2) is 12.1 Å². The SMILES string of the molecule is Cc1cccc(C=O)c1C(=O)c1ccccc1. The van der Waals surface area contributed by atoms with Crippen molar-refractivity contribution < 1.29 is 9.59 Å². The zero-order valence-corrected chi connectivity index (χ0v) is 9.51. The first-order valence-electron chi connectivity index (χ1n) is 5.38. The van der Waals surface area contributed by atoms with Gasteiger partial charge in [-0.1, -0.05) is 48.5 Å². The summed E-state index contributed by atoms with van der Waals surface area (Å²) in [5, 5.41) is 0. The summed E-state index contributed by atoms with van der Waals surface area (Å²) in [4.78, 5) is 23.3. The van der Waals surface area contributed by atoms with Gasteiger partial charge in [0.05, 0.1) is 0 Å². The molecule has 2 nitrogen and oxygen atoms in total. The highest BCUT2D eigenvalue weighted by Crippen LogP contribution is 2.17. The topological polar surface area (TPSA) is 34.1 Å². The third-order valence-corrected chi connectivity index (χ3v) is 2.70. The molecule has 0 N–H and O–H groups in total. The molecule has 0 unspecified atom stereocenters. The predicted molar refractivity (Wildman–Crippen MR) is 66.4 cm³/mol. The quantitative estimate of drug-likeness (QED) is 0.593. The fourth-order valence-electron chi connectivity index (χ4n) is 1.83. The van der Waals surface area contributed by atoms with E-state index in [0.29, 0.717) is 16.7 Å². The number of hydrogen-bond donors (Lipinski definition) is 0. The second-order valence-corrected chi connectivity index (χ2v) is 3.85. The summed E-state index contributed by atoms with van der Waals surface area (Å²) in [5.74, 6) is -0.106. The third kappa shape index (κ3) is 2.16. The van der Waals surface area contributed by atoms with Crippen LogP contribution in [-0.4, -0.2) is 12.1 Å². The van der Waals surface area contributed by atoms with E-state index in [1.165, 1.54) is 0 Å². The summed E-state index contributed by atoms with van der Waals surface area (Å²) in [6.07, 6.45) is 0.725. The minimum atomic E-state index is -0.106. The first-order valence-corrected chi connectivity index (χ1v) is 5.38. The van der Waals surface area contributed by atoms with Gasteiger partial charge in [0.25, 0.3) is 0 Å². The molecule has 0 atom stereocenters. The molecule has 0 heterocycles. The van der Waals surface area contributed by atoms with Gasteiger partial charge in [-0.3, -0.25) is 9.59 Å². The van der Waals surface area contributed by atoms with Crippen molar-refractivity contribution in [2.45, 2.75) is 6.92 Å². The maximum absolute atomic E-state index is 12.3. The lowest BCUT2D eigenvalue weighted by Gasteiger charge is -2.07. The minimum Gasteiger partial charge on any atom is -0.298 e. The van der Waals surface area contributed by atoms with Crippen LogP contribution in [0.1, 0.15) is 31.8 Å². The lowest BCUT2D eigenvalue weighted by Crippen LogP contribution is -2.07. The highest BCUT2D eigenvalue weighted by molar-refractivity contribution is 6.13. The van der Waals surface area contributed by atoms with Crippen LogP contribution in [0.5, 0.6) is 0 Å². The largest absolute Gasteiger partial charge is 0.298 e. The summed E-state index contributed by atoms with van der Waals surface area (Å²) < 4.78 is 0. The standard InChI is InChI=1S/C15H12O2/c1-11-6-5-9-13(10-16)14(11)15(17)12-7-3-2-4-8-12/h2-10H,1H3. The fraction of sp³-hybridized carbons (Fsp3) is 0.0667. The van der Waals surface area contributed by atoms with Gasteiger partial charge in [-0.25, -0.2) is 0 Å². The van der Waals surface area contributed by atoms with Gasteiger partial charge in [0, 0.05) is 16.7 Å². The molecule has 0 saturated carbocycles. The molecule has 0 spiro atoms. The van der Waals surface area contributed by atoms with Crippen LogP contribution in [0.25, 0.3) is 0 Å². The normalized spacial score (nSPS) is 9.94. The van der Waals surface area contributed by atoms with E-state index in [4.69, 9.17) is 0 Å². The van der Waals surface area contributed by atoms with Crippen molar-refractivity contribution in [2.75, 3.05) is 0 Å². The van der Waals surface area contributed by atoms with E-state index in [-0.39, 0.29) is 5.78 Å². The number of aryl methyl sites for hydroxylation is 1. The highest BCUT2D eigenvalue weighted by Gasteiger charge is 2.15. The number of carbonyl (C=O) groups is 2. The molecule has 0 aliphatic rings. The van der Waals surface area contributed by atoms with Crippen molar-refractivity contribution in [1.82, 2.24) is 0 Å². The fourth-order valence-corrected chi connectivity index (χ4v) is 1.83. The molecular weight excluding hydrogens is 212 g/mol. The van der Waals surface area contributed by atoms with E-state index in [9.17, 15) is 9.59 Å². The van der Waals surface area contributed by atoms with Crippen molar-refractivity contribution in [3.05, 3.63) is 70.8 Å². The summed E-state index contributed by atoms with van der Waals surface area (Å²) in [6, 6.07) is 14.3. The number of aldehydes is 1. The molecule has 0 fully saturated rings. The van der Waals surface area contributed by atoms with Crippen molar-refractivity contribution in [1.29, 1.82) is 0 Å². The molecule has 17 heavy (non-hydrogen) atoms. The Balaban J connectivity index is 2.55. The highest BCUT2D eigenvalue weighted by atomic mass is 16.1. The first-order chi connectivity index (χ1) is 8.24. The van der Waals surface area contributed by atoms with Crippen LogP contribution in [0.3, 0.4) is 0 Å². The molecule has 2 aromatic rings. The predicted octanol–water partition coefficient (Wildman–Crippen LogP) is 3.04. The Morgan fingerprint density at radius 1 is 1.00 bits per heavy atom. The van der Waals surface area contributed by atoms with Crippen LogP contribution in [0, 0.1) is 6.92 Å². The van der Waals surface area contributed by atoms with Gasteiger partial charge in [-0.15, -0.1) is 0 Å². The van der Waals surface area contributed by atoms with E-state index in [0.717, 1.165) is 11.8 Å². The van der Waals surface area contributed by atoms with Crippen molar-refractivity contribution in [3.8, 4) is 0 Å². The smallest absolute Gasteiger partial charge is 0.194 e. The maximum atomic E-state index is 12.3. The number of benzene rings is 2. The van der Waals surface area contributed by atoms with Crippen molar-refractivity contribution in [2.24, 2.45) is 0 Å². The Hall–Kier alpha value is -2.22. The van der Waals surface area contributed by atoms with Crippen LogP contribution in [-0.2, 0) is 0 Å². The Kier molecular flexibility index (Phi) is 3.15. The summed E-state index contributed by atoms with van der Waals surface area (Å²) in [7, 11) is 0. The lowest BCUT2D eigenvalue weighted by molar-refractivity contribution is 0.102. The zero-order chi connectivity index (χ0) is 12.3. The Bertz CT molecular complexity index is 556. The van der Waals surface area contributed by atoms with E-state index in [1.54, 1.807) is 24.3 Å². The van der Waals surface area contributed by atoms with Crippen LogP contribution in [0.2, 0.25) is 0 Å². The number of hydrogen-bond acceptors (Lipinski definition) is 2.